The highest BCUT2D eigenvalue weighted by atomic mass is 16.3. The molecular weight excluding hydrogens is 200 g/mol. The summed E-state index contributed by atoms with van der Waals surface area (Å²) in [6.45, 7) is 10.3. The first-order valence-corrected chi connectivity index (χ1v) is 5.84. The highest BCUT2D eigenvalue weighted by Gasteiger charge is 2.26. The molecule has 1 unspecified atom stereocenters. The van der Waals surface area contributed by atoms with E-state index in [1.807, 2.05) is 20.8 Å². The van der Waals surface area contributed by atoms with Crippen molar-refractivity contribution in [2.75, 3.05) is 0 Å². The third-order valence-electron chi connectivity index (χ3n) is 3.06. The summed E-state index contributed by atoms with van der Waals surface area (Å²) in [4.78, 5) is 0. The van der Waals surface area contributed by atoms with Crippen molar-refractivity contribution in [2.45, 2.75) is 52.4 Å². The Morgan fingerprint density at radius 3 is 2.06 bits per heavy atom. The van der Waals surface area contributed by atoms with Crippen LogP contribution >= 0.6 is 0 Å². The van der Waals surface area contributed by atoms with Crippen LogP contribution in [0.5, 0.6) is 11.5 Å². The highest BCUT2D eigenvalue weighted by molar-refractivity contribution is 5.52. The van der Waals surface area contributed by atoms with Gasteiger partial charge < -0.3 is 10.2 Å². The Balaban J connectivity index is 3.49. The molecule has 1 rings (SSSR count). The molecule has 0 aliphatic rings. The maximum absolute atomic E-state index is 9.98. The largest absolute Gasteiger partial charge is 0.508 e. The quantitative estimate of drug-likeness (QED) is 0.745. The molecule has 2 nitrogen and oxygen atoms in total. The first-order valence-electron chi connectivity index (χ1n) is 5.84. The van der Waals surface area contributed by atoms with Crippen LogP contribution in [-0.4, -0.2) is 10.2 Å². The van der Waals surface area contributed by atoms with Crippen LogP contribution in [0.25, 0.3) is 0 Å². The van der Waals surface area contributed by atoms with Gasteiger partial charge in [0.05, 0.1) is 0 Å². The van der Waals surface area contributed by atoms with Crippen LogP contribution < -0.4 is 0 Å². The van der Waals surface area contributed by atoms with Gasteiger partial charge in [0.25, 0.3) is 0 Å². The van der Waals surface area contributed by atoms with Crippen LogP contribution in [0.3, 0.4) is 0 Å². The fraction of sp³-hybridized carbons (Fsp3) is 0.571. The standard InChI is InChI=1S/C14H22O2/c1-6-9(2)12-10(15)7-8-11(16)13(12)14(3,4)5/h7-9,15-16H,6H2,1-5H3. The van der Waals surface area contributed by atoms with E-state index >= 15 is 0 Å². The molecule has 1 aromatic rings. The van der Waals surface area contributed by atoms with Gasteiger partial charge in [-0.15, -0.1) is 0 Å². The summed E-state index contributed by atoms with van der Waals surface area (Å²) in [5.74, 6) is 0.819. The lowest BCUT2D eigenvalue weighted by Gasteiger charge is -2.27. The van der Waals surface area contributed by atoms with Gasteiger partial charge in [0.2, 0.25) is 0 Å². The van der Waals surface area contributed by atoms with Crippen molar-refractivity contribution in [3.63, 3.8) is 0 Å². The van der Waals surface area contributed by atoms with Crippen LogP contribution in [0.1, 0.15) is 58.1 Å². The third-order valence-corrected chi connectivity index (χ3v) is 3.06. The minimum atomic E-state index is -0.165. The van der Waals surface area contributed by atoms with Crippen molar-refractivity contribution in [3.8, 4) is 11.5 Å². The molecule has 1 aromatic carbocycles. The van der Waals surface area contributed by atoms with E-state index in [0.717, 1.165) is 17.5 Å². The molecule has 2 N–H and O–H groups in total. The molecule has 0 saturated heterocycles. The predicted molar refractivity (Wildman–Crippen MR) is 67.2 cm³/mol. The zero-order chi connectivity index (χ0) is 12.5. The van der Waals surface area contributed by atoms with Crippen LogP contribution in [0, 0.1) is 0 Å². The number of phenolic OH excluding ortho intramolecular Hbond substituents is 2. The topological polar surface area (TPSA) is 40.5 Å². The second-order valence-corrected chi connectivity index (χ2v) is 5.45. The molecule has 0 fully saturated rings. The molecule has 0 aromatic heterocycles. The molecule has 0 radical (unpaired) electrons. The molecule has 1 atom stereocenters. The van der Waals surface area contributed by atoms with Crippen molar-refractivity contribution < 1.29 is 10.2 Å². The summed E-state index contributed by atoms with van der Waals surface area (Å²) in [7, 11) is 0. The molecule has 90 valence electrons. The third kappa shape index (κ3) is 2.31. The Labute approximate surface area is 97.9 Å². The SMILES string of the molecule is CCC(C)c1c(O)ccc(O)c1C(C)(C)C. The summed E-state index contributed by atoms with van der Waals surface area (Å²) in [6.07, 6.45) is 0.945. The number of hydrogen-bond donors (Lipinski definition) is 2. The summed E-state index contributed by atoms with van der Waals surface area (Å²) in [5, 5.41) is 20.0. The summed E-state index contributed by atoms with van der Waals surface area (Å²) >= 11 is 0. The lowest BCUT2D eigenvalue weighted by atomic mass is 9.78. The Bertz CT molecular complexity index is 375. The molecule has 2 heteroatoms. The van der Waals surface area contributed by atoms with Gasteiger partial charge in [-0.1, -0.05) is 34.6 Å². The van der Waals surface area contributed by atoms with E-state index in [1.165, 1.54) is 0 Å². The monoisotopic (exact) mass is 222 g/mol. The van der Waals surface area contributed by atoms with Gasteiger partial charge in [-0.3, -0.25) is 0 Å². The van der Waals surface area contributed by atoms with Crippen molar-refractivity contribution in [1.29, 1.82) is 0 Å². The number of phenols is 2. The molecule has 0 bridgehead atoms. The first kappa shape index (κ1) is 12.9. The first-order chi connectivity index (χ1) is 7.29. The zero-order valence-electron chi connectivity index (χ0n) is 10.8. The van der Waals surface area contributed by atoms with Gasteiger partial charge in [-0.25, -0.2) is 0 Å². The van der Waals surface area contributed by atoms with E-state index in [2.05, 4.69) is 13.8 Å². The smallest absolute Gasteiger partial charge is 0.119 e. The Morgan fingerprint density at radius 1 is 1.12 bits per heavy atom. The number of hydrogen-bond acceptors (Lipinski definition) is 2. The van der Waals surface area contributed by atoms with E-state index in [-0.39, 0.29) is 22.8 Å². The van der Waals surface area contributed by atoms with Crippen molar-refractivity contribution in [3.05, 3.63) is 23.3 Å². The minimum Gasteiger partial charge on any atom is -0.508 e. The maximum atomic E-state index is 9.98. The van der Waals surface area contributed by atoms with Crippen LogP contribution in [0.15, 0.2) is 12.1 Å². The maximum Gasteiger partial charge on any atom is 0.119 e. The summed E-state index contributed by atoms with van der Waals surface area (Å²) < 4.78 is 0. The van der Waals surface area contributed by atoms with Crippen LogP contribution in [0.2, 0.25) is 0 Å². The second kappa shape index (κ2) is 4.36. The van der Waals surface area contributed by atoms with E-state index < -0.39 is 0 Å². The molecule has 0 spiro atoms. The molecular formula is C14H22O2. The minimum absolute atomic E-state index is 0.165. The lowest BCUT2D eigenvalue weighted by molar-refractivity contribution is 0.422. The van der Waals surface area contributed by atoms with Crippen molar-refractivity contribution >= 4 is 0 Å². The van der Waals surface area contributed by atoms with Crippen LogP contribution in [0.4, 0.5) is 0 Å². The molecule has 0 aliphatic heterocycles. The predicted octanol–water partition coefficient (Wildman–Crippen LogP) is 3.91. The number of rotatable bonds is 2. The molecule has 0 saturated carbocycles. The Hall–Kier alpha value is -1.18. The van der Waals surface area contributed by atoms with Crippen molar-refractivity contribution in [2.24, 2.45) is 0 Å². The van der Waals surface area contributed by atoms with Gasteiger partial charge >= 0.3 is 0 Å². The molecule has 0 heterocycles. The van der Waals surface area contributed by atoms with Gasteiger partial charge in [-0.2, -0.15) is 0 Å². The van der Waals surface area contributed by atoms with Crippen LogP contribution in [-0.2, 0) is 5.41 Å². The normalized spacial score (nSPS) is 13.8. The fourth-order valence-corrected chi connectivity index (χ4v) is 2.09. The van der Waals surface area contributed by atoms with Gasteiger partial charge in [0.1, 0.15) is 11.5 Å². The molecule has 0 amide bonds. The second-order valence-electron chi connectivity index (χ2n) is 5.45. The number of aromatic hydroxyl groups is 2. The zero-order valence-corrected chi connectivity index (χ0v) is 10.8. The molecule has 0 aliphatic carbocycles. The van der Waals surface area contributed by atoms with Gasteiger partial charge in [0.15, 0.2) is 0 Å². The van der Waals surface area contributed by atoms with E-state index in [4.69, 9.17) is 0 Å². The molecule has 16 heavy (non-hydrogen) atoms. The summed E-state index contributed by atoms with van der Waals surface area (Å²) in [5.41, 5.74) is 1.58. The average molecular weight is 222 g/mol. The van der Waals surface area contributed by atoms with E-state index in [9.17, 15) is 10.2 Å². The van der Waals surface area contributed by atoms with Gasteiger partial charge in [-0.05, 0) is 29.9 Å². The fourth-order valence-electron chi connectivity index (χ4n) is 2.09. The summed E-state index contributed by atoms with van der Waals surface area (Å²) in [6, 6.07) is 3.15. The average Bonchev–Trinajstić information content (AvgIpc) is 2.18. The van der Waals surface area contributed by atoms with E-state index in [1.54, 1.807) is 12.1 Å². The van der Waals surface area contributed by atoms with E-state index in [0.29, 0.717) is 0 Å². The van der Waals surface area contributed by atoms with Gasteiger partial charge in [0, 0.05) is 11.1 Å². The van der Waals surface area contributed by atoms with Crippen molar-refractivity contribution in [1.82, 2.24) is 0 Å². The highest BCUT2D eigenvalue weighted by Crippen LogP contribution is 2.42. The Kier molecular flexibility index (Phi) is 3.51. The number of benzene rings is 1. The Morgan fingerprint density at radius 2 is 1.62 bits per heavy atom. The lowest BCUT2D eigenvalue weighted by Crippen LogP contribution is -2.16.